The third-order valence-electron chi connectivity index (χ3n) is 7.05. The Bertz CT molecular complexity index is 1280. The molecule has 0 aromatic heterocycles. The van der Waals surface area contributed by atoms with Crippen LogP contribution in [0.4, 0.5) is 5.69 Å². The molecule has 0 radical (unpaired) electrons. The molecule has 2 aromatic carbocycles. The van der Waals surface area contributed by atoms with Gasteiger partial charge in [-0.15, -0.1) is 0 Å². The van der Waals surface area contributed by atoms with Gasteiger partial charge in [0.05, 0.1) is 22.0 Å². The highest BCUT2D eigenvalue weighted by atomic mass is 35.5. The second kappa shape index (κ2) is 14.1. The van der Waals surface area contributed by atoms with Crippen LogP contribution in [0.1, 0.15) is 63.0 Å². The van der Waals surface area contributed by atoms with Crippen LogP contribution in [0.15, 0.2) is 36.4 Å². The van der Waals surface area contributed by atoms with Crippen molar-refractivity contribution in [2.24, 2.45) is 0 Å². The van der Waals surface area contributed by atoms with E-state index in [1.165, 1.54) is 15.6 Å². The van der Waals surface area contributed by atoms with E-state index in [0.29, 0.717) is 20.8 Å². The maximum absolute atomic E-state index is 13.5. The Morgan fingerprint density at radius 3 is 2.36 bits per heavy atom. The Hall–Kier alpha value is -2.00. The van der Waals surface area contributed by atoms with Gasteiger partial charge in [0.1, 0.15) is 6.04 Å². The number of nitrogens with zero attached hydrogens (tertiary/aromatic N) is 2. The Morgan fingerprint density at radius 1 is 1.03 bits per heavy atom. The molecular weight excluding hydrogens is 581 g/mol. The van der Waals surface area contributed by atoms with Gasteiger partial charge < -0.3 is 10.2 Å². The summed E-state index contributed by atoms with van der Waals surface area (Å²) >= 11 is 18.4. The number of sulfonamides is 1. The number of nitrogens with one attached hydrogen (secondary N) is 1. The van der Waals surface area contributed by atoms with Crippen LogP contribution >= 0.6 is 34.8 Å². The lowest BCUT2D eigenvalue weighted by molar-refractivity contribution is -0.141. The van der Waals surface area contributed by atoms with Crippen LogP contribution in [0.25, 0.3) is 0 Å². The number of anilines is 1. The monoisotopic (exact) mass is 615 g/mol. The van der Waals surface area contributed by atoms with Crippen molar-refractivity contribution < 1.29 is 18.0 Å². The van der Waals surface area contributed by atoms with Gasteiger partial charge in [0.2, 0.25) is 21.8 Å². The van der Waals surface area contributed by atoms with Crippen LogP contribution in [0, 0.1) is 6.92 Å². The number of aryl methyl sites for hydroxylation is 1. The maximum atomic E-state index is 13.5. The van der Waals surface area contributed by atoms with Gasteiger partial charge in [-0.2, -0.15) is 0 Å². The minimum absolute atomic E-state index is 0.0496. The van der Waals surface area contributed by atoms with E-state index in [0.717, 1.165) is 43.1 Å². The summed E-state index contributed by atoms with van der Waals surface area (Å²) in [6, 6.07) is 9.56. The van der Waals surface area contributed by atoms with E-state index in [-0.39, 0.29) is 43.8 Å². The molecule has 0 aliphatic heterocycles. The summed E-state index contributed by atoms with van der Waals surface area (Å²) in [6.07, 6.45) is 6.63. The van der Waals surface area contributed by atoms with Crippen molar-refractivity contribution in [2.45, 2.75) is 77.4 Å². The van der Waals surface area contributed by atoms with Gasteiger partial charge in [0, 0.05) is 30.6 Å². The van der Waals surface area contributed by atoms with Gasteiger partial charge in [-0.05, 0) is 68.5 Å². The number of carbonyl (C=O) groups is 2. The molecule has 0 bridgehead atoms. The molecule has 0 heterocycles. The zero-order valence-corrected chi connectivity index (χ0v) is 25.6. The average molecular weight is 617 g/mol. The number of benzene rings is 2. The zero-order chi connectivity index (χ0) is 28.7. The molecule has 214 valence electrons. The summed E-state index contributed by atoms with van der Waals surface area (Å²) in [5.74, 6) is -0.466. The van der Waals surface area contributed by atoms with Crippen molar-refractivity contribution in [3.05, 3.63) is 62.6 Å². The average Bonchev–Trinajstić information content (AvgIpc) is 2.88. The predicted octanol–water partition coefficient (Wildman–Crippen LogP) is 6.37. The van der Waals surface area contributed by atoms with E-state index >= 15 is 0 Å². The van der Waals surface area contributed by atoms with Gasteiger partial charge in [-0.1, -0.05) is 66.2 Å². The Balaban J connectivity index is 1.76. The van der Waals surface area contributed by atoms with Crippen molar-refractivity contribution in [2.75, 3.05) is 17.1 Å². The highest BCUT2D eigenvalue weighted by Gasteiger charge is 2.29. The molecule has 39 heavy (non-hydrogen) atoms. The van der Waals surface area contributed by atoms with E-state index in [1.54, 1.807) is 50.2 Å². The van der Waals surface area contributed by atoms with Crippen LogP contribution in [-0.4, -0.2) is 50.0 Å². The summed E-state index contributed by atoms with van der Waals surface area (Å²) in [5.41, 5.74) is 1.97. The smallest absolute Gasteiger partial charge is 0.242 e. The quantitative estimate of drug-likeness (QED) is 0.318. The van der Waals surface area contributed by atoms with Gasteiger partial charge in [-0.25, -0.2) is 8.42 Å². The van der Waals surface area contributed by atoms with Gasteiger partial charge in [0.25, 0.3) is 0 Å². The lowest BCUT2D eigenvalue weighted by Crippen LogP contribution is -2.50. The highest BCUT2D eigenvalue weighted by molar-refractivity contribution is 7.92. The molecule has 0 saturated heterocycles. The van der Waals surface area contributed by atoms with Crippen LogP contribution in [-0.2, 0) is 26.2 Å². The van der Waals surface area contributed by atoms with Crippen molar-refractivity contribution in [3.8, 4) is 0 Å². The van der Waals surface area contributed by atoms with Crippen molar-refractivity contribution in [1.82, 2.24) is 10.2 Å². The summed E-state index contributed by atoms with van der Waals surface area (Å²) in [5, 5.41) is 4.29. The van der Waals surface area contributed by atoms with Crippen molar-refractivity contribution >= 4 is 62.3 Å². The molecule has 0 spiro atoms. The summed E-state index contributed by atoms with van der Waals surface area (Å²) in [7, 11) is -3.62. The van der Waals surface area contributed by atoms with Crippen molar-refractivity contribution in [3.63, 3.8) is 0 Å². The predicted molar refractivity (Wildman–Crippen MR) is 159 cm³/mol. The van der Waals surface area contributed by atoms with E-state index in [4.69, 9.17) is 34.8 Å². The molecule has 1 atom stereocenters. The largest absolute Gasteiger partial charge is 0.352 e. The Labute approximate surface area is 246 Å². The fraction of sp³-hybridized carbons (Fsp3) is 0.500. The number of hydrogen-bond acceptors (Lipinski definition) is 4. The van der Waals surface area contributed by atoms with Crippen LogP contribution in [0.2, 0.25) is 15.1 Å². The third kappa shape index (κ3) is 9.00. The number of amides is 2. The van der Waals surface area contributed by atoms with Crippen LogP contribution < -0.4 is 9.62 Å². The molecule has 2 amide bonds. The molecule has 1 fully saturated rings. The SMILES string of the molecule is Cc1ccc(Cl)cc1N(CCCC(=O)N(Cc1ccc(Cl)c(Cl)c1)[C@H](C)C(=O)NC1CCCCC1)S(C)(=O)=O. The molecule has 1 saturated carbocycles. The molecule has 1 aliphatic carbocycles. The second-order valence-corrected chi connectivity index (χ2v) is 13.3. The first kappa shape index (κ1) is 31.5. The van der Waals surface area contributed by atoms with E-state index in [9.17, 15) is 18.0 Å². The lowest BCUT2D eigenvalue weighted by Gasteiger charge is -2.31. The number of carbonyl (C=O) groups excluding carboxylic acids is 2. The standard InChI is InChI=1S/C28H36Cl3N3O4S/c1-19-11-13-22(29)17-26(19)34(39(3,37)38)15-7-10-27(35)33(18-21-12-14-24(30)25(31)16-21)20(2)28(36)32-23-8-5-4-6-9-23/h11-14,16-17,20,23H,4-10,15,18H2,1-3H3,(H,32,36)/t20-/m1/s1. The molecule has 0 unspecified atom stereocenters. The van der Waals surface area contributed by atoms with Crippen LogP contribution in [0.3, 0.4) is 0 Å². The highest BCUT2D eigenvalue weighted by Crippen LogP contribution is 2.27. The van der Waals surface area contributed by atoms with Gasteiger partial charge in [-0.3, -0.25) is 13.9 Å². The molecule has 1 aliphatic rings. The Kier molecular flexibility index (Phi) is 11.4. The minimum Gasteiger partial charge on any atom is -0.352 e. The number of hydrogen-bond donors (Lipinski definition) is 1. The normalized spacial score (nSPS) is 15.0. The summed E-state index contributed by atoms with van der Waals surface area (Å²) < 4.78 is 26.5. The van der Waals surface area contributed by atoms with Gasteiger partial charge in [0.15, 0.2) is 0 Å². The summed E-state index contributed by atoms with van der Waals surface area (Å²) in [4.78, 5) is 28.2. The fourth-order valence-corrected chi connectivity index (χ4v) is 6.32. The van der Waals surface area contributed by atoms with E-state index in [1.807, 2.05) is 0 Å². The molecule has 2 aromatic rings. The first-order chi connectivity index (χ1) is 18.4. The first-order valence-electron chi connectivity index (χ1n) is 13.1. The molecule has 1 N–H and O–H groups in total. The minimum atomic E-state index is -3.62. The fourth-order valence-electron chi connectivity index (χ4n) is 4.82. The van der Waals surface area contributed by atoms with Crippen LogP contribution in [0.5, 0.6) is 0 Å². The first-order valence-corrected chi connectivity index (χ1v) is 16.1. The molecular formula is C28H36Cl3N3O4S. The summed E-state index contributed by atoms with van der Waals surface area (Å²) in [6.45, 7) is 3.78. The Morgan fingerprint density at radius 2 is 1.72 bits per heavy atom. The molecule has 3 rings (SSSR count). The number of halogens is 3. The van der Waals surface area contributed by atoms with E-state index < -0.39 is 16.1 Å². The number of rotatable bonds is 11. The topological polar surface area (TPSA) is 86.8 Å². The van der Waals surface area contributed by atoms with E-state index in [2.05, 4.69) is 5.32 Å². The third-order valence-corrected chi connectivity index (χ3v) is 9.20. The van der Waals surface area contributed by atoms with Crippen molar-refractivity contribution in [1.29, 1.82) is 0 Å². The maximum Gasteiger partial charge on any atom is 0.242 e. The zero-order valence-electron chi connectivity index (χ0n) is 22.6. The lowest BCUT2D eigenvalue weighted by atomic mass is 9.95. The molecule has 11 heteroatoms. The second-order valence-electron chi connectivity index (χ2n) is 10.2. The van der Waals surface area contributed by atoms with Gasteiger partial charge >= 0.3 is 0 Å². The molecule has 7 nitrogen and oxygen atoms in total.